The molecule has 0 heterocycles. The van der Waals surface area contributed by atoms with Crippen molar-refractivity contribution in [2.24, 2.45) is 0 Å². The maximum atomic E-state index is 12.5. The fourth-order valence-corrected chi connectivity index (χ4v) is 3.26. The molecule has 0 aromatic heterocycles. The van der Waals surface area contributed by atoms with E-state index in [9.17, 15) is 4.79 Å². The molecular formula is C20H25ClN2O2S. The van der Waals surface area contributed by atoms with Gasteiger partial charge in [-0.2, -0.15) is 0 Å². The Balaban J connectivity index is 1.92. The Morgan fingerprint density at radius 2 is 1.81 bits per heavy atom. The normalized spacial score (nSPS) is 10.8. The number of nitrogens with zero attached hydrogens (tertiary/aromatic N) is 2. The van der Waals surface area contributed by atoms with Gasteiger partial charge in [0.25, 0.3) is 0 Å². The molecule has 1 amide bonds. The first-order chi connectivity index (χ1) is 12.4. The molecule has 2 aromatic rings. The van der Waals surface area contributed by atoms with Gasteiger partial charge in [0.05, 0.1) is 13.7 Å². The highest BCUT2D eigenvalue weighted by molar-refractivity contribution is 7.98. The summed E-state index contributed by atoms with van der Waals surface area (Å²) in [5.74, 6) is 0.846. The van der Waals surface area contributed by atoms with Crippen LogP contribution in [0, 0.1) is 0 Å². The molecule has 6 heteroatoms. The zero-order chi connectivity index (χ0) is 19.1. The molecule has 2 aromatic carbocycles. The molecule has 2 rings (SSSR count). The van der Waals surface area contributed by atoms with Crippen LogP contribution in [-0.2, 0) is 17.9 Å². The summed E-state index contributed by atoms with van der Waals surface area (Å²) in [6.45, 7) is 1.52. The number of carbonyl (C=O) groups is 1. The van der Waals surface area contributed by atoms with Crippen molar-refractivity contribution in [1.29, 1.82) is 0 Å². The molecule has 0 unspecified atom stereocenters. The Morgan fingerprint density at radius 1 is 1.12 bits per heavy atom. The van der Waals surface area contributed by atoms with Gasteiger partial charge >= 0.3 is 0 Å². The van der Waals surface area contributed by atoms with E-state index in [0.717, 1.165) is 16.9 Å². The van der Waals surface area contributed by atoms with Crippen LogP contribution < -0.4 is 4.74 Å². The summed E-state index contributed by atoms with van der Waals surface area (Å²) < 4.78 is 5.37. The fraction of sp³-hybridized carbons (Fsp3) is 0.350. The van der Waals surface area contributed by atoms with Crippen LogP contribution in [0.1, 0.15) is 11.1 Å². The van der Waals surface area contributed by atoms with Crippen LogP contribution in [0.5, 0.6) is 5.75 Å². The zero-order valence-electron chi connectivity index (χ0n) is 15.7. The Labute approximate surface area is 165 Å². The van der Waals surface area contributed by atoms with E-state index in [1.165, 1.54) is 4.90 Å². The number of hydrogen-bond donors (Lipinski definition) is 0. The summed E-state index contributed by atoms with van der Waals surface area (Å²) in [5.41, 5.74) is 2.09. The molecule has 0 N–H and O–H groups in total. The number of thioether (sulfide) groups is 1. The number of benzene rings is 2. The molecule has 0 spiro atoms. The van der Waals surface area contributed by atoms with Gasteiger partial charge in [0.2, 0.25) is 5.91 Å². The number of hydrogen-bond acceptors (Lipinski definition) is 4. The lowest BCUT2D eigenvalue weighted by Gasteiger charge is -2.23. The fourth-order valence-electron chi connectivity index (χ4n) is 2.66. The Morgan fingerprint density at radius 3 is 2.42 bits per heavy atom. The van der Waals surface area contributed by atoms with E-state index in [2.05, 4.69) is 30.5 Å². The van der Waals surface area contributed by atoms with Crippen molar-refractivity contribution < 1.29 is 9.53 Å². The Kier molecular flexibility index (Phi) is 7.82. The summed E-state index contributed by atoms with van der Waals surface area (Å²) in [5, 5.41) is 0.659. The Hall–Kier alpha value is -1.69. The van der Waals surface area contributed by atoms with E-state index in [1.807, 2.05) is 31.1 Å². The van der Waals surface area contributed by atoms with Crippen LogP contribution in [0.2, 0.25) is 5.02 Å². The van der Waals surface area contributed by atoms with Crippen LogP contribution >= 0.6 is 23.4 Å². The minimum absolute atomic E-state index is 0.0717. The summed E-state index contributed by atoms with van der Waals surface area (Å²) in [7, 11) is 5.38. The largest absolute Gasteiger partial charge is 0.496 e. The third kappa shape index (κ3) is 5.94. The van der Waals surface area contributed by atoms with E-state index in [4.69, 9.17) is 16.3 Å². The first-order valence-electron chi connectivity index (χ1n) is 8.30. The molecule has 0 aliphatic rings. The van der Waals surface area contributed by atoms with Crippen LogP contribution in [-0.4, -0.2) is 49.7 Å². The third-order valence-electron chi connectivity index (χ3n) is 4.09. The van der Waals surface area contributed by atoms with E-state index in [0.29, 0.717) is 24.7 Å². The lowest BCUT2D eigenvalue weighted by Crippen LogP contribution is -2.36. The maximum Gasteiger partial charge on any atom is 0.236 e. The first-order valence-corrected chi connectivity index (χ1v) is 9.91. The van der Waals surface area contributed by atoms with Crippen molar-refractivity contribution in [3.63, 3.8) is 0 Å². The number of likely N-dealkylation sites (N-methyl/N-ethyl adjacent to an activating group) is 2. The zero-order valence-corrected chi connectivity index (χ0v) is 17.2. The van der Waals surface area contributed by atoms with Crippen molar-refractivity contribution in [2.45, 2.75) is 18.0 Å². The van der Waals surface area contributed by atoms with Gasteiger partial charge in [-0.25, -0.2) is 0 Å². The second-order valence-corrected chi connectivity index (χ2v) is 7.54. The quantitative estimate of drug-likeness (QED) is 0.631. The molecule has 140 valence electrons. The number of methoxy groups -OCH3 is 1. The molecule has 0 aliphatic carbocycles. The minimum atomic E-state index is 0.0717. The van der Waals surface area contributed by atoms with Crippen molar-refractivity contribution in [1.82, 2.24) is 9.80 Å². The molecule has 0 bridgehead atoms. The number of amides is 1. The van der Waals surface area contributed by atoms with Crippen molar-refractivity contribution in [2.75, 3.05) is 34.0 Å². The number of rotatable bonds is 8. The predicted octanol–water partition coefficient (Wildman–Crippen LogP) is 4.16. The third-order valence-corrected chi connectivity index (χ3v) is 5.07. The van der Waals surface area contributed by atoms with Gasteiger partial charge in [-0.3, -0.25) is 9.69 Å². The second-order valence-electron chi connectivity index (χ2n) is 6.23. The van der Waals surface area contributed by atoms with Crippen molar-refractivity contribution in [3.05, 3.63) is 58.6 Å². The van der Waals surface area contributed by atoms with E-state index >= 15 is 0 Å². The number of carbonyl (C=O) groups excluding carboxylic acids is 1. The Bertz CT molecular complexity index is 737. The van der Waals surface area contributed by atoms with Gasteiger partial charge < -0.3 is 9.64 Å². The van der Waals surface area contributed by atoms with E-state index < -0.39 is 0 Å². The van der Waals surface area contributed by atoms with Crippen LogP contribution in [0.3, 0.4) is 0 Å². The molecule has 0 saturated heterocycles. The van der Waals surface area contributed by atoms with Crippen LogP contribution in [0.4, 0.5) is 0 Å². The van der Waals surface area contributed by atoms with Crippen molar-refractivity contribution in [3.8, 4) is 5.75 Å². The molecular weight excluding hydrogens is 368 g/mol. The van der Waals surface area contributed by atoms with Crippen molar-refractivity contribution >= 4 is 29.3 Å². The van der Waals surface area contributed by atoms with Gasteiger partial charge in [0.1, 0.15) is 5.75 Å². The lowest BCUT2D eigenvalue weighted by molar-refractivity contribution is -0.131. The lowest BCUT2D eigenvalue weighted by atomic mass is 10.2. The van der Waals surface area contributed by atoms with E-state index in [-0.39, 0.29) is 5.91 Å². The average Bonchev–Trinajstić information content (AvgIpc) is 2.62. The number of ether oxygens (including phenoxy) is 1. The standard InChI is InChI=1S/C20H25ClN2O2S/c1-22(13-16-11-17(21)7-10-19(16)25-3)14-20(24)23(2)12-15-5-8-18(26-4)9-6-15/h5-11H,12-14H2,1-4H3. The smallest absolute Gasteiger partial charge is 0.236 e. The average molecular weight is 393 g/mol. The SMILES string of the molecule is COc1ccc(Cl)cc1CN(C)CC(=O)N(C)Cc1ccc(SC)cc1. The first kappa shape index (κ1) is 20.6. The van der Waals surface area contributed by atoms with Gasteiger partial charge in [0.15, 0.2) is 0 Å². The second kappa shape index (κ2) is 9.86. The molecule has 0 atom stereocenters. The van der Waals surface area contributed by atoms with Gasteiger partial charge in [-0.05, 0) is 49.2 Å². The molecule has 0 fully saturated rings. The van der Waals surface area contributed by atoms with Gasteiger partial charge in [-0.1, -0.05) is 23.7 Å². The highest BCUT2D eigenvalue weighted by Gasteiger charge is 2.14. The summed E-state index contributed by atoms with van der Waals surface area (Å²) in [6.07, 6.45) is 2.05. The van der Waals surface area contributed by atoms with Gasteiger partial charge in [-0.15, -0.1) is 11.8 Å². The molecule has 0 radical (unpaired) electrons. The topological polar surface area (TPSA) is 32.8 Å². The van der Waals surface area contributed by atoms with Crippen LogP contribution in [0.15, 0.2) is 47.4 Å². The van der Waals surface area contributed by atoms with Gasteiger partial charge in [0, 0.05) is 35.6 Å². The monoisotopic (exact) mass is 392 g/mol. The highest BCUT2D eigenvalue weighted by Crippen LogP contribution is 2.23. The molecule has 0 saturated carbocycles. The summed E-state index contributed by atoms with van der Waals surface area (Å²) in [4.78, 5) is 17.4. The number of halogens is 1. The minimum Gasteiger partial charge on any atom is -0.496 e. The van der Waals surface area contributed by atoms with E-state index in [1.54, 1.807) is 29.8 Å². The van der Waals surface area contributed by atoms with Crippen LogP contribution in [0.25, 0.3) is 0 Å². The highest BCUT2D eigenvalue weighted by atomic mass is 35.5. The molecule has 0 aliphatic heterocycles. The predicted molar refractivity (Wildman–Crippen MR) is 109 cm³/mol. The molecule has 4 nitrogen and oxygen atoms in total. The molecule has 26 heavy (non-hydrogen) atoms. The summed E-state index contributed by atoms with van der Waals surface area (Å²) in [6, 6.07) is 13.8. The summed E-state index contributed by atoms with van der Waals surface area (Å²) >= 11 is 7.78. The maximum absolute atomic E-state index is 12.5.